The molecule has 0 saturated heterocycles. The second-order valence-corrected chi connectivity index (χ2v) is 1.65. The van der Waals surface area contributed by atoms with Crippen LogP contribution in [-0.4, -0.2) is 12.3 Å². The Bertz CT molecular complexity index is 190. The van der Waals surface area contributed by atoms with Crippen LogP contribution < -0.4 is 5.73 Å². The number of anilines is 1. The highest BCUT2D eigenvalue weighted by molar-refractivity contribution is 5.85. The predicted molar refractivity (Wildman–Crippen MR) is 38.9 cm³/mol. The van der Waals surface area contributed by atoms with Crippen LogP contribution in [0.1, 0.15) is 5.69 Å². The lowest BCUT2D eigenvalue weighted by molar-refractivity contribution is 0.177. The summed E-state index contributed by atoms with van der Waals surface area (Å²) in [5, 5.41) is 3.58. The van der Waals surface area contributed by atoms with Gasteiger partial charge in [-0.1, -0.05) is 5.16 Å². The summed E-state index contributed by atoms with van der Waals surface area (Å²) in [6.45, 7) is 0.445. The van der Waals surface area contributed by atoms with Crippen LogP contribution in [0.4, 0.5) is 5.88 Å². The van der Waals surface area contributed by atoms with Gasteiger partial charge in [0.05, 0.1) is 6.61 Å². The summed E-state index contributed by atoms with van der Waals surface area (Å²) in [4.78, 5) is 0. The van der Waals surface area contributed by atoms with Crippen LogP contribution in [0, 0.1) is 0 Å². The van der Waals surface area contributed by atoms with Crippen molar-refractivity contribution in [3.05, 3.63) is 11.8 Å². The molecule has 1 aromatic rings. The van der Waals surface area contributed by atoms with Crippen LogP contribution in [0.25, 0.3) is 0 Å². The highest BCUT2D eigenvalue weighted by atomic mass is 35.5. The molecular weight excluding hydrogens is 156 g/mol. The van der Waals surface area contributed by atoms with E-state index in [9.17, 15) is 0 Å². The molecule has 0 unspecified atom stereocenters. The lowest BCUT2D eigenvalue weighted by Crippen LogP contribution is -1.85. The van der Waals surface area contributed by atoms with Crippen LogP contribution in [0.3, 0.4) is 0 Å². The van der Waals surface area contributed by atoms with E-state index in [1.807, 2.05) is 0 Å². The molecule has 10 heavy (non-hydrogen) atoms. The molecule has 5 heteroatoms. The number of nitrogens with zero attached hydrogens (tertiary/aromatic N) is 1. The van der Waals surface area contributed by atoms with Gasteiger partial charge in [0.25, 0.3) is 0 Å². The number of rotatable bonds is 2. The molecule has 0 bridgehead atoms. The standard InChI is InChI=1S/C5H8N2O2.ClH/c1-8-3-4-2-5(6)9-7-4;/h2H,3,6H2,1H3;1H. The van der Waals surface area contributed by atoms with Crippen LogP contribution in [-0.2, 0) is 11.3 Å². The average molecular weight is 165 g/mol. The van der Waals surface area contributed by atoms with E-state index < -0.39 is 0 Å². The molecule has 0 amide bonds. The zero-order chi connectivity index (χ0) is 6.69. The number of nitrogen functional groups attached to an aromatic ring is 1. The minimum atomic E-state index is 0. The van der Waals surface area contributed by atoms with Gasteiger partial charge in [0.15, 0.2) is 0 Å². The molecule has 0 aliphatic carbocycles. The van der Waals surface area contributed by atoms with Gasteiger partial charge < -0.3 is 15.0 Å². The van der Waals surface area contributed by atoms with E-state index in [4.69, 9.17) is 10.5 Å². The molecular formula is C5H9ClN2O2. The van der Waals surface area contributed by atoms with E-state index in [0.29, 0.717) is 12.5 Å². The van der Waals surface area contributed by atoms with Crippen molar-refractivity contribution in [3.63, 3.8) is 0 Å². The highest BCUT2D eigenvalue weighted by Crippen LogP contribution is 2.04. The molecule has 0 aliphatic heterocycles. The fourth-order valence-electron chi connectivity index (χ4n) is 0.544. The van der Waals surface area contributed by atoms with Gasteiger partial charge in [-0.15, -0.1) is 12.4 Å². The lowest BCUT2D eigenvalue weighted by atomic mass is 10.4. The molecule has 0 spiro atoms. The molecule has 58 valence electrons. The summed E-state index contributed by atoms with van der Waals surface area (Å²) < 4.78 is 9.33. The minimum Gasteiger partial charge on any atom is -0.378 e. The van der Waals surface area contributed by atoms with E-state index in [1.165, 1.54) is 0 Å². The fourth-order valence-corrected chi connectivity index (χ4v) is 0.544. The molecule has 0 radical (unpaired) electrons. The molecule has 0 aliphatic rings. The van der Waals surface area contributed by atoms with Gasteiger partial charge in [-0.05, 0) is 0 Å². The smallest absolute Gasteiger partial charge is 0.222 e. The summed E-state index contributed by atoms with van der Waals surface area (Å²) in [7, 11) is 1.59. The van der Waals surface area contributed by atoms with Crippen molar-refractivity contribution in [1.82, 2.24) is 5.16 Å². The Balaban J connectivity index is 0.000000810. The van der Waals surface area contributed by atoms with E-state index in [-0.39, 0.29) is 12.4 Å². The Labute approximate surface area is 64.7 Å². The fraction of sp³-hybridized carbons (Fsp3) is 0.400. The largest absolute Gasteiger partial charge is 0.378 e. The predicted octanol–water partition coefficient (Wildman–Crippen LogP) is 0.825. The average Bonchev–Trinajstić information content (AvgIpc) is 2.17. The molecule has 0 aromatic carbocycles. The summed E-state index contributed by atoms with van der Waals surface area (Å²) >= 11 is 0. The van der Waals surface area contributed by atoms with E-state index in [0.717, 1.165) is 5.69 Å². The Morgan fingerprint density at radius 2 is 2.50 bits per heavy atom. The van der Waals surface area contributed by atoms with Gasteiger partial charge in [-0.2, -0.15) is 0 Å². The molecule has 0 fully saturated rings. The molecule has 1 aromatic heterocycles. The Hall–Kier alpha value is -0.740. The summed E-state index contributed by atoms with van der Waals surface area (Å²) in [6.07, 6.45) is 0. The maximum absolute atomic E-state index is 5.22. The number of nitrogens with two attached hydrogens (primary N) is 1. The molecule has 0 saturated carbocycles. The second-order valence-electron chi connectivity index (χ2n) is 1.65. The maximum atomic E-state index is 5.22. The third-order valence-electron chi connectivity index (χ3n) is 0.869. The van der Waals surface area contributed by atoms with Crippen molar-refractivity contribution in [3.8, 4) is 0 Å². The molecule has 4 nitrogen and oxygen atoms in total. The Morgan fingerprint density at radius 1 is 1.80 bits per heavy atom. The van der Waals surface area contributed by atoms with Gasteiger partial charge in [0.2, 0.25) is 5.88 Å². The van der Waals surface area contributed by atoms with Gasteiger partial charge in [0.1, 0.15) is 5.69 Å². The Morgan fingerprint density at radius 3 is 2.90 bits per heavy atom. The third-order valence-corrected chi connectivity index (χ3v) is 0.869. The van der Waals surface area contributed by atoms with Crippen LogP contribution >= 0.6 is 12.4 Å². The van der Waals surface area contributed by atoms with Crippen molar-refractivity contribution >= 4 is 18.3 Å². The van der Waals surface area contributed by atoms with Crippen LogP contribution in [0.2, 0.25) is 0 Å². The zero-order valence-electron chi connectivity index (χ0n) is 5.53. The van der Waals surface area contributed by atoms with Crippen molar-refractivity contribution in [2.24, 2.45) is 0 Å². The number of ether oxygens (including phenoxy) is 1. The summed E-state index contributed by atoms with van der Waals surface area (Å²) in [5.74, 6) is 0.321. The summed E-state index contributed by atoms with van der Waals surface area (Å²) in [6, 6.07) is 1.63. The normalized spacial score (nSPS) is 8.90. The molecule has 1 rings (SSSR count). The van der Waals surface area contributed by atoms with Crippen molar-refractivity contribution in [2.75, 3.05) is 12.8 Å². The first-order chi connectivity index (χ1) is 4.33. The third kappa shape index (κ3) is 2.24. The first-order valence-electron chi connectivity index (χ1n) is 2.53. The molecule has 1 heterocycles. The number of aromatic nitrogens is 1. The van der Waals surface area contributed by atoms with Crippen molar-refractivity contribution in [2.45, 2.75) is 6.61 Å². The van der Waals surface area contributed by atoms with Crippen LogP contribution in [0.5, 0.6) is 0 Å². The molecule has 0 atom stereocenters. The van der Waals surface area contributed by atoms with Crippen molar-refractivity contribution < 1.29 is 9.26 Å². The maximum Gasteiger partial charge on any atom is 0.222 e. The van der Waals surface area contributed by atoms with E-state index in [2.05, 4.69) is 9.68 Å². The number of methoxy groups -OCH3 is 1. The van der Waals surface area contributed by atoms with Gasteiger partial charge in [-0.25, -0.2) is 0 Å². The van der Waals surface area contributed by atoms with E-state index >= 15 is 0 Å². The molecule has 2 N–H and O–H groups in total. The number of hydrogen-bond donors (Lipinski definition) is 1. The highest BCUT2D eigenvalue weighted by Gasteiger charge is 1.97. The van der Waals surface area contributed by atoms with Gasteiger partial charge >= 0.3 is 0 Å². The summed E-state index contributed by atoms with van der Waals surface area (Å²) in [5.41, 5.74) is 5.94. The topological polar surface area (TPSA) is 61.3 Å². The van der Waals surface area contributed by atoms with Gasteiger partial charge in [0, 0.05) is 13.2 Å². The van der Waals surface area contributed by atoms with E-state index in [1.54, 1.807) is 13.2 Å². The zero-order valence-corrected chi connectivity index (χ0v) is 6.35. The van der Waals surface area contributed by atoms with Gasteiger partial charge in [-0.3, -0.25) is 0 Å². The second kappa shape index (κ2) is 4.14. The van der Waals surface area contributed by atoms with Crippen LogP contribution in [0.15, 0.2) is 10.6 Å². The first kappa shape index (κ1) is 9.26. The first-order valence-corrected chi connectivity index (χ1v) is 2.53. The number of hydrogen-bond acceptors (Lipinski definition) is 4. The lowest BCUT2D eigenvalue weighted by Gasteiger charge is -1.86. The number of halogens is 1. The quantitative estimate of drug-likeness (QED) is 0.703. The SMILES string of the molecule is COCc1cc(N)on1.Cl. The minimum absolute atomic E-state index is 0. The Kier molecular flexibility index (Phi) is 3.83. The van der Waals surface area contributed by atoms with Crippen molar-refractivity contribution in [1.29, 1.82) is 0 Å². The monoisotopic (exact) mass is 164 g/mol.